The predicted molar refractivity (Wildman–Crippen MR) is 58.3 cm³/mol. The highest BCUT2D eigenvalue weighted by atomic mass is 19.4. The quantitative estimate of drug-likeness (QED) is 0.840. The summed E-state index contributed by atoms with van der Waals surface area (Å²) in [6, 6.07) is 5.36. The van der Waals surface area contributed by atoms with E-state index in [0.29, 0.717) is 13.0 Å². The lowest BCUT2D eigenvalue weighted by Crippen LogP contribution is -2.17. The smallest absolute Gasteiger partial charge is 0.406 e. The SMILES string of the molecule is NCCC[C@@H](N)c1ccc(OC(F)(F)F)cc1. The molecule has 17 heavy (non-hydrogen) atoms. The van der Waals surface area contributed by atoms with Crippen molar-refractivity contribution in [3.8, 4) is 5.75 Å². The second kappa shape index (κ2) is 5.88. The van der Waals surface area contributed by atoms with Crippen molar-refractivity contribution in [3.05, 3.63) is 29.8 Å². The van der Waals surface area contributed by atoms with Crippen LogP contribution in [0.15, 0.2) is 24.3 Å². The molecule has 96 valence electrons. The highest BCUT2D eigenvalue weighted by Crippen LogP contribution is 2.24. The molecule has 0 aliphatic carbocycles. The molecular formula is C11H15F3N2O. The fraction of sp³-hybridized carbons (Fsp3) is 0.455. The number of nitrogens with two attached hydrogens (primary N) is 2. The molecule has 1 aromatic rings. The van der Waals surface area contributed by atoms with Crippen LogP contribution in [0.1, 0.15) is 24.4 Å². The Balaban J connectivity index is 2.61. The van der Waals surface area contributed by atoms with Gasteiger partial charge in [0, 0.05) is 6.04 Å². The summed E-state index contributed by atoms with van der Waals surface area (Å²) in [7, 11) is 0. The molecule has 0 fully saturated rings. The maximum atomic E-state index is 11.9. The third kappa shape index (κ3) is 5.06. The number of ether oxygens (including phenoxy) is 1. The van der Waals surface area contributed by atoms with Gasteiger partial charge in [0.1, 0.15) is 5.75 Å². The van der Waals surface area contributed by atoms with Gasteiger partial charge in [-0.25, -0.2) is 0 Å². The lowest BCUT2D eigenvalue weighted by Gasteiger charge is -2.13. The molecule has 1 rings (SSSR count). The van der Waals surface area contributed by atoms with E-state index >= 15 is 0 Å². The van der Waals surface area contributed by atoms with E-state index in [2.05, 4.69) is 4.74 Å². The molecule has 0 unspecified atom stereocenters. The van der Waals surface area contributed by atoms with Crippen LogP contribution < -0.4 is 16.2 Å². The van der Waals surface area contributed by atoms with Gasteiger partial charge < -0.3 is 16.2 Å². The lowest BCUT2D eigenvalue weighted by atomic mass is 10.0. The largest absolute Gasteiger partial charge is 0.573 e. The van der Waals surface area contributed by atoms with E-state index in [9.17, 15) is 13.2 Å². The van der Waals surface area contributed by atoms with E-state index in [4.69, 9.17) is 11.5 Å². The van der Waals surface area contributed by atoms with Crippen molar-refractivity contribution in [2.75, 3.05) is 6.54 Å². The van der Waals surface area contributed by atoms with Gasteiger partial charge >= 0.3 is 6.36 Å². The van der Waals surface area contributed by atoms with E-state index < -0.39 is 6.36 Å². The summed E-state index contributed by atoms with van der Waals surface area (Å²) in [4.78, 5) is 0. The lowest BCUT2D eigenvalue weighted by molar-refractivity contribution is -0.274. The number of hydrogen-bond acceptors (Lipinski definition) is 3. The van der Waals surface area contributed by atoms with Crippen LogP contribution in [0.25, 0.3) is 0 Å². The second-order valence-corrected chi connectivity index (χ2v) is 3.65. The van der Waals surface area contributed by atoms with Crippen LogP contribution in [0.4, 0.5) is 13.2 Å². The fourth-order valence-electron chi connectivity index (χ4n) is 1.42. The zero-order chi connectivity index (χ0) is 12.9. The summed E-state index contributed by atoms with van der Waals surface area (Å²) in [5, 5.41) is 0. The van der Waals surface area contributed by atoms with Crippen LogP contribution in [-0.4, -0.2) is 12.9 Å². The average molecular weight is 248 g/mol. The van der Waals surface area contributed by atoms with Gasteiger partial charge in [-0.2, -0.15) is 0 Å². The molecule has 0 radical (unpaired) electrons. The van der Waals surface area contributed by atoms with Crippen LogP contribution in [0.2, 0.25) is 0 Å². The highest BCUT2D eigenvalue weighted by molar-refractivity contribution is 5.29. The summed E-state index contributed by atoms with van der Waals surface area (Å²) < 4.78 is 39.5. The van der Waals surface area contributed by atoms with Gasteiger partial charge in [-0.1, -0.05) is 12.1 Å². The van der Waals surface area contributed by atoms with E-state index in [0.717, 1.165) is 12.0 Å². The number of hydrogen-bond donors (Lipinski definition) is 2. The normalized spacial score (nSPS) is 13.5. The molecule has 1 atom stereocenters. The molecule has 4 N–H and O–H groups in total. The van der Waals surface area contributed by atoms with Crippen LogP contribution in [0.5, 0.6) is 5.75 Å². The second-order valence-electron chi connectivity index (χ2n) is 3.65. The van der Waals surface area contributed by atoms with Crippen LogP contribution in [0, 0.1) is 0 Å². The standard InChI is InChI=1S/C11H15F3N2O/c12-11(13,14)17-9-5-3-8(4-6-9)10(16)2-1-7-15/h3-6,10H,1-2,7,15-16H2/t10-/m1/s1. The Labute approximate surface area is 97.5 Å². The minimum absolute atomic E-state index is 0.210. The zero-order valence-electron chi connectivity index (χ0n) is 9.20. The topological polar surface area (TPSA) is 61.3 Å². The first-order valence-corrected chi connectivity index (χ1v) is 5.24. The van der Waals surface area contributed by atoms with Gasteiger partial charge in [0.15, 0.2) is 0 Å². The Bertz CT molecular complexity index is 338. The van der Waals surface area contributed by atoms with Crippen molar-refractivity contribution in [1.29, 1.82) is 0 Å². The molecular weight excluding hydrogens is 233 g/mol. The van der Waals surface area contributed by atoms with Gasteiger partial charge in [-0.15, -0.1) is 13.2 Å². The molecule has 0 saturated carbocycles. The molecule has 6 heteroatoms. The molecule has 0 saturated heterocycles. The van der Waals surface area contributed by atoms with Crippen molar-refractivity contribution < 1.29 is 17.9 Å². The molecule has 3 nitrogen and oxygen atoms in total. The van der Waals surface area contributed by atoms with Gasteiger partial charge in [0.25, 0.3) is 0 Å². The van der Waals surface area contributed by atoms with E-state index in [-0.39, 0.29) is 11.8 Å². The Morgan fingerprint density at radius 1 is 1.18 bits per heavy atom. The predicted octanol–water partition coefficient (Wildman–Crippen LogP) is 2.32. The minimum Gasteiger partial charge on any atom is -0.406 e. The zero-order valence-corrected chi connectivity index (χ0v) is 9.20. The molecule has 0 aliphatic heterocycles. The molecule has 0 spiro atoms. The van der Waals surface area contributed by atoms with Crippen molar-refractivity contribution in [2.24, 2.45) is 11.5 Å². The number of alkyl halides is 3. The molecule has 0 bridgehead atoms. The summed E-state index contributed by atoms with van der Waals surface area (Å²) in [5.74, 6) is -0.243. The summed E-state index contributed by atoms with van der Waals surface area (Å²) >= 11 is 0. The summed E-state index contributed by atoms with van der Waals surface area (Å²) in [6.07, 6.45) is -3.18. The highest BCUT2D eigenvalue weighted by Gasteiger charge is 2.30. The van der Waals surface area contributed by atoms with Gasteiger partial charge in [-0.3, -0.25) is 0 Å². The van der Waals surface area contributed by atoms with Crippen molar-refractivity contribution >= 4 is 0 Å². The Morgan fingerprint density at radius 2 is 1.76 bits per heavy atom. The van der Waals surface area contributed by atoms with Crippen LogP contribution in [0.3, 0.4) is 0 Å². The Morgan fingerprint density at radius 3 is 2.24 bits per heavy atom. The van der Waals surface area contributed by atoms with Crippen molar-refractivity contribution in [3.63, 3.8) is 0 Å². The molecule has 0 aromatic heterocycles. The minimum atomic E-state index is -4.66. The molecule has 0 amide bonds. The third-order valence-corrected chi connectivity index (χ3v) is 2.26. The number of halogens is 3. The Hall–Kier alpha value is -1.27. The average Bonchev–Trinajstić information content (AvgIpc) is 2.24. The third-order valence-electron chi connectivity index (χ3n) is 2.26. The van der Waals surface area contributed by atoms with Crippen molar-refractivity contribution in [1.82, 2.24) is 0 Å². The summed E-state index contributed by atoms with van der Waals surface area (Å²) in [5.41, 5.74) is 12.0. The van der Waals surface area contributed by atoms with Crippen molar-refractivity contribution in [2.45, 2.75) is 25.2 Å². The Kier molecular flexibility index (Phi) is 4.77. The van der Waals surface area contributed by atoms with Gasteiger partial charge in [-0.05, 0) is 37.1 Å². The monoisotopic (exact) mass is 248 g/mol. The first-order valence-electron chi connectivity index (χ1n) is 5.24. The van der Waals surface area contributed by atoms with E-state index in [1.54, 1.807) is 0 Å². The molecule has 0 heterocycles. The first-order chi connectivity index (χ1) is 7.92. The number of rotatable bonds is 5. The van der Waals surface area contributed by atoms with Crippen LogP contribution in [-0.2, 0) is 0 Å². The number of benzene rings is 1. The molecule has 0 aliphatic rings. The maximum absolute atomic E-state index is 11.9. The van der Waals surface area contributed by atoms with E-state index in [1.807, 2.05) is 0 Å². The molecule has 1 aromatic carbocycles. The van der Waals surface area contributed by atoms with Gasteiger partial charge in [0.2, 0.25) is 0 Å². The van der Waals surface area contributed by atoms with Gasteiger partial charge in [0.05, 0.1) is 0 Å². The fourth-order valence-corrected chi connectivity index (χ4v) is 1.42. The first kappa shape index (κ1) is 13.8. The maximum Gasteiger partial charge on any atom is 0.573 e. The summed E-state index contributed by atoms with van der Waals surface area (Å²) in [6.45, 7) is 0.545. The van der Waals surface area contributed by atoms with E-state index in [1.165, 1.54) is 24.3 Å². The van der Waals surface area contributed by atoms with Crippen LogP contribution >= 0.6 is 0 Å².